The monoisotopic (exact) mass is 318 g/mol. The standard InChI is InChI=1S/C5H8.2ClH.Hf/c1-3-5-4-2;;;/h3-5H,1H2,2H3;2*1H;/p-2. The molecule has 0 bridgehead atoms. The van der Waals surface area contributed by atoms with E-state index in [2.05, 4.69) is 6.58 Å². The van der Waals surface area contributed by atoms with Gasteiger partial charge in [0.15, 0.2) is 0 Å². The van der Waals surface area contributed by atoms with Crippen molar-refractivity contribution in [3.63, 3.8) is 0 Å². The van der Waals surface area contributed by atoms with E-state index in [0.717, 1.165) is 0 Å². The Balaban J connectivity index is -0.0000000267. The molecule has 48 valence electrons. The number of hydrogen-bond acceptors (Lipinski definition) is 0. The molecular weight excluding hydrogens is 309 g/mol. The van der Waals surface area contributed by atoms with Crippen LogP contribution in [-0.4, -0.2) is 0 Å². The fourth-order valence-electron chi connectivity index (χ4n) is 0.136. The Morgan fingerprint density at radius 2 is 1.62 bits per heavy atom. The largest absolute Gasteiger partial charge is 1.00 e. The van der Waals surface area contributed by atoms with E-state index in [1.165, 1.54) is 0 Å². The molecule has 0 radical (unpaired) electrons. The third-order valence-electron chi connectivity index (χ3n) is 0.329. The zero-order chi connectivity index (χ0) is 4.12. The molecule has 0 amide bonds. The average molecular weight is 318 g/mol. The minimum Gasteiger partial charge on any atom is -1.00 e. The van der Waals surface area contributed by atoms with Crippen LogP contribution in [0.1, 0.15) is 6.92 Å². The van der Waals surface area contributed by atoms with Crippen LogP contribution in [-0.2, 0) is 25.8 Å². The summed E-state index contributed by atoms with van der Waals surface area (Å²) in [7, 11) is 0. The van der Waals surface area contributed by atoms with Crippen molar-refractivity contribution in [2.45, 2.75) is 6.92 Å². The summed E-state index contributed by atoms with van der Waals surface area (Å²) in [6.45, 7) is 5.42. The SMILES string of the molecule is C=CC=CC.[Cl-].[Cl-].[Hf]. The normalized spacial score (nSPS) is 5.62. The Hall–Kier alpha value is 0.930. The maximum Gasteiger partial charge on any atom is 0 e. The molecule has 0 spiro atoms. The maximum atomic E-state index is 3.46. The predicted molar refractivity (Wildman–Crippen MR) is 25.0 cm³/mol. The second kappa shape index (κ2) is 24.7. The first-order chi connectivity index (χ1) is 2.41. The van der Waals surface area contributed by atoms with Gasteiger partial charge in [0.1, 0.15) is 0 Å². The van der Waals surface area contributed by atoms with Crippen molar-refractivity contribution in [2.75, 3.05) is 0 Å². The molecule has 0 saturated carbocycles. The van der Waals surface area contributed by atoms with E-state index in [-0.39, 0.29) is 50.7 Å². The van der Waals surface area contributed by atoms with E-state index in [0.29, 0.717) is 0 Å². The summed E-state index contributed by atoms with van der Waals surface area (Å²) in [6, 6.07) is 0. The van der Waals surface area contributed by atoms with Crippen LogP contribution < -0.4 is 24.8 Å². The van der Waals surface area contributed by atoms with Crippen LogP contribution in [0.2, 0.25) is 0 Å². The fourth-order valence-corrected chi connectivity index (χ4v) is 0.136. The quantitative estimate of drug-likeness (QED) is 0.340. The minimum absolute atomic E-state index is 0. The van der Waals surface area contributed by atoms with Crippen molar-refractivity contribution in [3.8, 4) is 0 Å². The van der Waals surface area contributed by atoms with Crippen molar-refractivity contribution < 1.29 is 50.7 Å². The molecule has 0 atom stereocenters. The molecule has 0 fully saturated rings. The third-order valence-corrected chi connectivity index (χ3v) is 0.329. The first-order valence-electron chi connectivity index (χ1n) is 1.65. The molecule has 0 aliphatic heterocycles. The van der Waals surface area contributed by atoms with E-state index >= 15 is 0 Å². The molecule has 0 aromatic rings. The number of halogens is 2. The Labute approximate surface area is 82.0 Å². The van der Waals surface area contributed by atoms with Crippen LogP contribution in [0.4, 0.5) is 0 Å². The van der Waals surface area contributed by atoms with Crippen molar-refractivity contribution >= 4 is 0 Å². The summed E-state index contributed by atoms with van der Waals surface area (Å²) < 4.78 is 0. The molecule has 0 aliphatic rings. The molecule has 0 aromatic heterocycles. The van der Waals surface area contributed by atoms with E-state index in [4.69, 9.17) is 0 Å². The molecule has 0 aromatic carbocycles. The van der Waals surface area contributed by atoms with Crippen molar-refractivity contribution in [3.05, 3.63) is 24.8 Å². The first-order valence-corrected chi connectivity index (χ1v) is 1.65. The van der Waals surface area contributed by atoms with E-state index in [1.807, 2.05) is 19.1 Å². The van der Waals surface area contributed by atoms with Crippen LogP contribution in [0, 0.1) is 0 Å². The Kier molecular flexibility index (Phi) is 71.2. The molecule has 3 heteroatoms. The zero-order valence-electron chi connectivity index (χ0n) is 4.70. The van der Waals surface area contributed by atoms with Gasteiger partial charge >= 0.3 is 0 Å². The molecule has 0 heterocycles. The average Bonchev–Trinajstić information content (AvgIpc) is 1.41. The summed E-state index contributed by atoms with van der Waals surface area (Å²) in [6.07, 6.45) is 5.58. The molecule has 0 saturated heterocycles. The van der Waals surface area contributed by atoms with Crippen molar-refractivity contribution in [1.29, 1.82) is 0 Å². The van der Waals surface area contributed by atoms with E-state index in [1.54, 1.807) is 6.08 Å². The van der Waals surface area contributed by atoms with E-state index < -0.39 is 0 Å². The van der Waals surface area contributed by atoms with Crippen LogP contribution >= 0.6 is 0 Å². The zero-order valence-corrected chi connectivity index (χ0v) is 9.80. The smallest absolute Gasteiger partial charge is 0 e. The maximum absolute atomic E-state index is 3.46. The molecule has 0 unspecified atom stereocenters. The van der Waals surface area contributed by atoms with Gasteiger partial charge in [-0.15, -0.1) is 0 Å². The molecular formula is C5H8Cl2Hf-2. The van der Waals surface area contributed by atoms with Gasteiger partial charge in [-0.25, -0.2) is 0 Å². The Morgan fingerprint density at radius 3 is 1.62 bits per heavy atom. The molecule has 0 N–H and O–H groups in total. The third kappa shape index (κ3) is 28.4. The second-order valence-corrected chi connectivity index (χ2v) is 0.761. The molecule has 0 rings (SSSR count). The Morgan fingerprint density at radius 1 is 1.25 bits per heavy atom. The minimum atomic E-state index is 0. The summed E-state index contributed by atoms with van der Waals surface area (Å²) in [5.41, 5.74) is 0. The van der Waals surface area contributed by atoms with Gasteiger partial charge in [-0.05, 0) is 6.92 Å². The van der Waals surface area contributed by atoms with E-state index in [9.17, 15) is 0 Å². The first kappa shape index (κ1) is 23.1. The molecule has 0 nitrogen and oxygen atoms in total. The van der Waals surface area contributed by atoms with Gasteiger partial charge in [0.2, 0.25) is 0 Å². The number of rotatable bonds is 1. The van der Waals surface area contributed by atoms with Gasteiger partial charge in [0.05, 0.1) is 0 Å². The van der Waals surface area contributed by atoms with Gasteiger partial charge < -0.3 is 24.8 Å². The van der Waals surface area contributed by atoms with Crippen LogP contribution in [0.15, 0.2) is 24.8 Å². The van der Waals surface area contributed by atoms with Gasteiger partial charge in [0, 0.05) is 25.8 Å². The van der Waals surface area contributed by atoms with Crippen molar-refractivity contribution in [1.82, 2.24) is 0 Å². The van der Waals surface area contributed by atoms with Gasteiger partial charge in [-0.2, -0.15) is 0 Å². The second-order valence-electron chi connectivity index (χ2n) is 0.761. The van der Waals surface area contributed by atoms with Crippen LogP contribution in [0.5, 0.6) is 0 Å². The van der Waals surface area contributed by atoms with Crippen LogP contribution in [0.25, 0.3) is 0 Å². The molecule has 8 heavy (non-hydrogen) atoms. The number of allylic oxidation sites excluding steroid dienone is 3. The summed E-state index contributed by atoms with van der Waals surface area (Å²) >= 11 is 0. The summed E-state index contributed by atoms with van der Waals surface area (Å²) in [5.74, 6) is 0. The predicted octanol–water partition coefficient (Wildman–Crippen LogP) is -4.25. The topological polar surface area (TPSA) is 0 Å². The summed E-state index contributed by atoms with van der Waals surface area (Å²) in [4.78, 5) is 0. The fraction of sp³-hybridized carbons (Fsp3) is 0.200. The molecule has 0 aliphatic carbocycles. The Bertz CT molecular complexity index is 52.4. The summed E-state index contributed by atoms with van der Waals surface area (Å²) in [5, 5.41) is 0. The van der Waals surface area contributed by atoms with Gasteiger partial charge in [0.25, 0.3) is 0 Å². The van der Waals surface area contributed by atoms with Crippen molar-refractivity contribution in [2.24, 2.45) is 0 Å². The van der Waals surface area contributed by atoms with Gasteiger partial charge in [-0.3, -0.25) is 0 Å². The van der Waals surface area contributed by atoms with Gasteiger partial charge in [-0.1, -0.05) is 24.8 Å². The van der Waals surface area contributed by atoms with Crippen LogP contribution in [0.3, 0.4) is 0 Å². The number of hydrogen-bond donors (Lipinski definition) is 0.